The average molecular weight is 438 g/mol. The first-order chi connectivity index (χ1) is 15.0. The zero-order chi connectivity index (χ0) is 23.6. The van der Waals surface area contributed by atoms with Crippen LogP contribution in [0.4, 0.5) is 4.79 Å². The topological polar surface area (TPSA) is 67.9 Å². The van der Waals surface area contributed by atoms with E-state index in [4.69, 9.17) is 15.5 Å². The predicted molar refractivity (Wildman–Crippen MR) is 132 cm³/mol. The predicted octanol–water partition coefficient (Wildman–Crippen LogP) is 6.06. The SMILES string of the molecule is C=C(C1=NC2=C(N)C(CC)=CCCC2=CC(C)=C1)C1CCN(C(=O)OC(C)(C)C)C[C@@H]1C. The molecule has 32 heavy (non-hydrogen) atoms. The van der Waals surface area contributed by atoms with E-state index in [1.807, 2.05) is 25.7 Å². The second-order valence-corrected chi connectivity index (χ2v) is 10.3. The molecule has 0 bridgehead atoms. The molecule has 2 aliphatic heterocycles. The summed E-state index contributed by atoms with van der Waals surface area (Å²) in [7, 11) is 0. The fraction of sp³-hybridized carbons (Fsp3) is 0.556. The number of aliphatic imine (C=N–C) groups is 1. The van der Waals surface area contributed by atoms with Gasteiger partial charge in [-0.25, -0.2) is 9.79 Å². The molecule has 174 valence electrons. The molecule has 3 rings (SSSR count). The smallest absolute Gasteiger partial charge is 0.410 e. The lowest BCUT2D eigenvalue weighted by molar-refractivity contribution is 0.0139. The summed E-state index contributed by atoms with van der Waals surface area (Å²) in [6, 6.07) is 0. The van der Waals surface area contributed by atoms with E-state index < -0.39 is 5.60 Å². The quantitative estimate of drug-likeness (QED) is 0.583. The fourth-order valence-corrected chi connectivity index (χ4v) is 4.76. The molecule has 0 aromatic heterocycles. The lowest BCUT2D eigenvalue weighted by atomic mass is 9.80. The molecule has 5 nitrogen and oxygen atoms in total. The molecule has 2 heterocycles. The number of nitrogens with zero attached hydrogens (tertiary/aromatic N) is 2. The van der Waals surface area contributed by atoms with Gasteiger partial charge in [0, 0.05) is 13.1 Å². The van der Waals surface area contributed by atoms with Gasteiger partial charge >= 0.3 is 6.09 Å². The van der Waals surface area contributed by atoms with Crippen LogP contribution in [0.15, 0.2) is 63.5 Å². The standard InChI is InChI=1S/C27H39N3O2/c1-8-20-10-9-11-21-14-17(2)15-23(29-25(21)24(20)28)19(4)22-12-13-30(16-18(22)3)26(31)32-27(5,6)7/h10,14-15,18,22H,4,8-9,11-13,16,28H2,1-3,5-7H3/t18-,22?/m0/s1. The number of likely N-dealkylation sites (tertiary alicyclic amines) is 1. The highest BCUT2D eigenvalue weighted by atomic mass is 16.6. The minimum absolute atomic E-state index is 0.236. The number of ether oxygens (including phenoxy) is 1. The maximum Gasteiger partial charge on any atom is 0.410 e. The molecule has 2 atom stereocenters. The highest BCUT2D eigenvalue weighted by molar-refractivity contribution is 6.10. The molecule has 1 aliphatic carbocycles. The molecule has 1 amide bonds. The van der Waals surface area contributed by atoms with Crippen LogP contribution < -0.4 is 5.73 Å². The van der Waals surface area contributed by atoms with Crippen LogP contribution in [-0.4, -0.2) is 35.4 Å². The van der Waals surface area contributed by atoms with Crippen molar-refractivity contribution in [1.29, 1.82) is 0 Å². The highest BCUT2D eigenvalue weighted by Crippen LogP contribution is 2.35. The van der Waals surface area contributed by atoms with Gasteiger partial charge in [0.15, 0.2) is 0 Å². The number of piperidine rings is 1. The number of hydrogen-bond acceptors (Lipinski definition) is 4. The maximum atomic E-state index is 12.5. The molecule has 5 heteroatoms. The molecule has 0 radical (unpaired) electrons. The monoisotopic (exact) mass is 437 g/mol. The van der Waals surface area contributed by atoms with E-state index in [1.54, 1.807) is 0 Å². The molecule has 1 saturated heterocycles. The number of carbonyl (C=O) groups is 1. The van der Waals surface area contributed by atoms with Crippen molar-refractivity contribution in [3.63, 3.8) is 0 Å². The van der Waals surface area contributed by atoms with Crippen LogP contribution in [0.1, 0.15) is 67.2 Å². The molecule has 3 aliphatic rings. The Morgan fingerprint density at radius 1 is 1.34 bits per heavy atom. The summed E-state index contributed by atoms with van der Waals surface area (Å²) >= 11 is 0. The minimum Gasteiger partial charge on any atom is -0.444 e. The summed E-state index contributed by atoms with van der Waals surface area (Å²) in [5, 5.41) is 0. The molecule has 0 aromatic rings. The van der Waals surface area contributed by atoms with Crippen LogP contribution in [0.25, 0.3) is 0 Å². The van der Waals surface area contributed by atoms with Crippen LogP contribution in [0.5, 0.6) is 0 Å². The van der Waals surface area contributed by atoms with Crippen LogP contribution in [0, 0.1) is 11.8 Å². The Bertz CT molecular complexity index is 940. The number of fused-ring (bicyclic) bond motifs is 1. The Kier molecular flexibility index (Phi) is 7.16. The van der Waals surface area contributed by atoms with Crippen molar-refractivity contribution in [3.05, 3.63) is 58.5 Å². The van der Waals surface area contributed by atoms with Crippen LogP contribution >= 0.6 is 0 Å². The molecule has 2 N–H and O–H groups in total. The summed E-state index contributed by atoms with van der Waals surface area (Å²) in [5.41, 5.74) is 13.3. The third-order valence-corrected chi connectivity index (χ3v) is 6.42. The van der Waals surface area contributed by atoms with Crippen molar-refractivity contribution in [3.8, 4) is 0 Å². The molecular formula is C27H39N3O2. The van der Waals surface area contributed by atoms with Crippen molar-refractivity contribution in [1.82, 2.24) is 4.90 Å². The Morgan fingerprint density at radius 2 is 2.06 bits per heavy atom. The molecular weight excluding hydrogens is 398 g/mol. The van der Waals surface area contributed by atoms with Gasteiger partial charge in [-0.2, -0.15) is 0 Å². The molecule has 1 fully saturated rings. The fourth-order valence-electron chi connectivity index (χ4n) is 4.76. The van der Waals surface area contributed by atoms with Crippen molar-refractivity contribution in [2.75, 3.05) is 13.1 Å². The van der Waals surface area contributed by atoms with Gasteiger partial charge in [0.25, 0.3) is 0 Å². The van der Waals surface area contributed by atoms with E-state index in [1.165, 1.54) is 16.7 Å². The van der Waals surface area contributed by atoms with E-state index >= 15 is 0 Å². The van der Waals surface area contributed by atoms with Crippen LogP contribution in [0.3, 0.4) is 0 Å². The maximum absolute atomic E-state index is 12.5. The number of allylic oxidation sites excluding steroid dienone is 7. The summed E-state index contributed by atoms with van der Waals surface area (Å²) in [4.78, 5) is 19.4. The zero-order valence-electron chi connectivity index (χ0n) is 20.6. The van der Waals surface area contributed by atoms with Gasteiger partial charge in [-0.1, -0.05) is 32.6 Å². The second kappa shape index (κ2) is 9.51. The van der Waals surface area contributed by atoms with Gasteiger partial charge in [-0.3, -0.25) is 0 Å². The van der Waals surface area contributed by atoms with Crippen LogP contribution in [0.2, 0.25) is 0 Å². The van der Waals surface area contributed by atoms with Crippen molar-refractivity contribution < 1.29 is 9.53 Å². The van der Waals surface area contributed by atoms with Crippen molar-refractivity contribution in [2.45, 2.75) is 72.8 Å². The number of nitrogens with two attached hydrogens (primary N) is 1. The minimum atomic E-state index is -0.485. The highest BCUT2D eigenvalue weighted by Gasteiger charge is 2.33. The van der Waals surface area contributed by atoms with Gasteiger partial charge in [0.2, 0.25) is 0 Å². The molecule has 1 unspecified atom stereocenters. The van der Waals surface area contributed by atoms with Crippen LogP contribution in [-0.2, 0) is 4.74 Å². The normalized spacial score (nSPS) is 24.4. The van der Waals surface area contributed by atoms with E-state index in [0.29, 0.717) is 13.1 Å². The molecule has 0 saturated carbocycles. The second-order valence-electron chi connectivity index (χ2n) is 10.3. The lowest BCUT2D eigenvalue weighted by Crippen LogP contribution is -2.45. The Labute approximate surface area is 193 Å². The zero-order valence-corrected chi connectivity index (χ0v) is 20.6. The van der Waals surface area contributed by atoms with Gasteiger partial charge in [0.05, 0.1) is 17.1 Å². The van der Waals surface area contributed by atoms with E-state index in [2.05, 4.69) is 45.6 Å². The van der Waals surface area contributed by atoms with Gasteiger partial charge in [0.1, 0.15) is 5.60 Å². The third-order valence-electron chi connectivity index (χ3n) is 6.42. The summed E-state index contributed by atoms with van der Waals surface area (Å²) < 4.78 is 5.57. The first kappa shape index (κ1) is 24.1. The molecule has 0 aromatic carbocycles. The summed E-state index contributed by atoms with van der Waals surface area (Å²) in [6.45, 7) is 17.9. The van der Waals surface area contributed by atoms with Crippen molar-refractivity contribution in [2.24, 2.45) is 22.6 Å². The van der Waals surface area contributed by atoms with E-state index in [-0.39, 0.29) is 17.9 Å². The average Bonchev–Trinajstić information content (AvgIpc) is 2.95. The number of rotatable bonds is 3. The van der Waals surface area contributed by atoms with Gasteiger partial charge in [-0.15, -0.1) is 0 Å². The summed E-state index contributed by atoms with van der Waals surface area (Å²) in [6.07, 6.45) is 10.0. The van der Waals surface area contributed by atoms with Gasteiger partial charge < -0.3 is 15.4 Å². The van der Waals surface area contributed by atoms with E-state index in [9.17, 15) is 4.79 Å². The first-order valence-corrected chi connectivity index (χ1v) is 11.8. The lowest BCUT2D eigenvalue weighted by Gasteiger charge is -2.38. The number of carbonyl (C=O) groups excluding carboxylic acids is 1. The Balaban J connectivity index is 1.83. The summed E-state index contributed by atoms with van der Waals surface area (Å²) in [5.74, 6) is 0.522. The van der Waals surface area contributed by atoms with E-state index in [0.717, 1.165) is 48.4 Å². The number of hydrogen-bond donors (Lipinski definition) is 1. The molecule has 0 spiro atoms. The largest absolute Gasteiger partial charge is 0.444 e. The number of amides is 1. The first-order valence-electron chi connectivity index (χ1n) is 11.8. The Hall–Kier alpha value is -2.56. The third kappa shape index (κ3) is 5.43. The van der Waals surface area contributed by atoms with Gasteiger partial charge in [-0.05, 0) is 93.6 Å². The van der Waals surface area contributed by atoms with Crippen molar-refractivity contribution >= 4 is 11.8 Å². The Morgan fingerprint density at radius 3 is 2.69 bits per heavy atom.